The van der Waals surface area contributed by atoms with E-state index in [0.29, 0.717) is 49.1 Å². The lowest BCUT2D eigenvalue weighted by Crippen LogP contribution is -2.29. The molecule has 0 saturated heterocycles. The fraction of sp³-hybridized carbons (Fsp3) is 0.261. The number of anilines is 1. The third kappa shape index (κ3) is 4.62. The Labute approximate surface area is 214 Å². The number of nitrogens with zero attached hydrogens (tertiary/aromatic N) is 3. The van der Waals surface area contributed by atoms with Gasteiger partial charge in [-0.2, -0.15) is 4.98 Å². The van der Waals surface area contributed by atoms with Crippen molar-refractivity contribution in [3.8, 4) is 11.5 Å². The van der Waals surface area contributed by atoms with Crippen LogP contribution in [-0.2, 0) is 15.3 Å². The zero-order valence-corrected chi connectivity index (χ0v) is 22.0. The van der Waals surface area contributed by atoms with Gasteiger partial charge in [0, 0.05) is 16.5 Å². The van der Waals surface area contributed by atoms with Crippen molar-refractivity contribution >= 4 is 51.2 Å². The normalized spacial score (nSPS) is 14.9. The molecule has 34 heavy (non-hydrogen) atoms. The van der Waals surface area contributed by atoms with Crippen molar-refractivity contribution in [1.82, 2.24) is 14.8 Å². The second-order valence-electron chi connectivity index (χ2n) is 7.34. The summed E-state index contributed by atoms with van der Waals surface area (Å²) >= 11 is 11.3. The topological polar surface area (TPSA) is 87.5 Å². The van der Waals surface area contributed by atoms with Gasteiger partial charge in [0.15, 0.2) is 11.5 Å². The third-order valence-electron chi connectivity index (χ3n) is 5.32. The molecular formula is C23H22BrClN4O4S. The van der Waals surface area contributed by atoms with Crippen LogP contribution in [-0.4, -0.2) is 42.1 Å². The quantitative estimate of drug-likeness (QED) is 0.298. The van der Waals surface area contributed by atoms with E-state index in [-0.39, 0.29) is 0 Å². The Balaban J connectivity index is 1.77. The van der Waals surface area contributed by atoms with Crippen molar-refractivity contribution in [2.45, 2.75) is 23.9 Å². The summed E-state index contributed by atoms with van der Waals surface area (Å²) in [4.78, 5) is 17.5. The molecule has 3 aromatic rings. The van der Waals surface area contributed by atoms with Crippen molar-refractivity contribution in [3.05, 3.63) is 68.3 Å². The molecule has 2 heterocycles. The van der Waals surface area contributed by atoms with Crippen LogP contribution in [0.1, 0.15) is 24.1 Å². The zero-order valence-electron chi connectivity index (χ0n) is 18.9. The Morgan fingerprint density at radius 2 is 2.00 bits per heavy atom. The van der Waals surface area contributed by atoms with Gasteiger partial charge in [0.25, 0.3) is 0 Å². The summed E-state index contributed by atoms with van der Waals surface area (Å²) in [6, 6.07) is 10.7. The number of hydrogen-bond donors (Lipinski definition) is 1. The maximum atomic E-state index is 12.8. The molecule has 0 aliphatic carbocycles. The van der Waals surface area contributed by atoms with Crippen LogP contribution in [0, 0.1) is 0 Å². The predicted molar refractivity (Wildman–Crippen MR) is 135 cm³/mol. The molecule has 8 nitrogen and oxygen atoms in total. The number of halogens is 2. The fourth-order valence-corrected chi connectivity index (χ4v) is 5.46. The molecule has 1 N–H and O–H groups in total. The van der Waals surface area contributed by atoms with E-state index in [1.54, 1.807) is 18.9 Å². The number of benzene rings is 2. The number of rotatable bonds is 7. The Morgan fingerprint density at radius 3 is 2.68 bits per heavy atom. The molecule has 1 atom stereocenters. The molecule has 1 unspecified atom stereocenters. The minimum Gasteiger partial charge on any atom is -0.493 e. The lowest BCUT2D eigenvalue weighted by molar-refractivity contribution is -0.136. The van der Waals surface area contributed by atoms with Crippen LogP contribution in [0.25, 0.3) is 0 Å². The number of thioether (sulfide) groups is 1. The molecule has 1 aliphatic heterocycles. The van der Waals surface area contributed by atoms with Gasteiger partial charge in [-0.05, 0) is 52.2 Å². The molecule has 2 aromatic carbocycles. The highest BCUT2D eigenvalue weighted by molar-refractivity contribution is 9.10. The Morgan fingerprint density at radius 1 is 1.24 bits per heavy atom. The summed E-state index contributed by atoms with van der Waals surface area (Å²) in [7, 11) is 4.48. The number of allylic oxidation sites excluding steroid dienone is 1. The van der Waals surface area contributed by atoms with Gasteiger partial charge in [0.2, 0.25) is 11.1 Å². The van der Waals surface area contributed by atoms with Crippen LogP contribution >= 0.6 is 39.3 Å². The number of ether oxygens (including phenoxy) is 3. The van der Waals surface area contributed by atoms with E-state index < -0.39 is 12.0 Å². The SMILES string of the molecule is COC(=O)C1=C(C)Nc2nc(SCc3ccccc3Cl)nn2C1c1cc(Br)c(OC)c(OC)c1. The number of methoxy groups -OCH3 is 3. The van der Waals surface area contributed by atoms with E-state index >= 15 is 0 Å². The second kappa shape index (κ2) is 10.3. The number of fused-ring (bicyclic) bond motifs is 1. The highest BCUT2D eigenvalue weighted by Crippen LogP contribution is 2.43. The molecule has 178 valence electrons. The molecule has 0 radical (unpaired) electrons. The maximum absolute atomic E-state index is 12.8. The van der Waals surface area contributed by atoms with Crippen LogP contribution < -0.4 is 14.8 Å². The molecule has 4 rings (SSSR count). The Hall–Kier alpha value is -2.69. The third-order valence-corrected chi connectivity index (χ3v) is 7.17. The summed E-state index contributed by atoms with van der Waals surface area (Å²) in [5.74, 6) is 1.72. The van der Waals surface area contributed by atoms with Gasteiger partial charge in [-0.1, -0.05) is 41.6 Å². The van der Waals surface area contributed by atoms with Gasteiger partial charge in [0.1, 0.15) is 6.04 Å². The van der Waals surface area contributed by atoms with Crippen molar-refractivity contribution in [3.63, 3.8) is 0 Å². The largest absolute Gasteiger partial charge is 0.493 e. The van der Waals surface area contributed by atoms with Crippen molar-refractivity contribution < 1.29 is 19.0 Å². The first-order chi connectivity index (χ1) is 16.4. The van der Waals surface area contributed by atoms with Crippen LogP contribution in [0.4, 0.5) is 5.95 Å². The molecule has 0 amide bonds. The van der Waals surface area contributed by atoms with E-state index in [4.69, 9.17) is 30.9 Å². The number of nitrogens with one attached hydrogen (secondary N) is 1. The van der Waals surface area contributed by atoms with Gasteiger partial charge in [0.05, 0.1) is 31.4 Å². The average Bonchev–Trinajstić information content (AvgIpc) is 3.23. The van der Waals surface area contributed by atoms with E-state index in [9.17, 15) is 4.79 Å². The monoisotopic (exact) mass is 564 g/mol. The number of esters is 1. The molecule has 0 bridgehead atoms. The first-order valence-corrected chi connectivity index (χ1v) is 12.3. The molecule has 0 fully saturated rings. The van der Waals surface area contributed by atoms with Crippen LogP contribution in [0.5, 0.6) is 11.5 Å². The summed E-state index contributed by atoms with van der Waals surface area (Å²) < 4.78 is 18.4. The highest BCUT2D eigenvalue weighted by Gasteiger charge is 2.36. The number of aromatic nitrogens is 3. The molecule has 1 aromatic heterocycles. The van der Waals surface area contributed by atoms with E-state index in [2.05, 4.69) is 26.2 Å². The molecular weight excluding hydrogens is 544 g/mol. The van der Waals surface area contributed by atoms with E-state index in [0.717, 1.165) is 11.1 Å². The van der Waals surface area contributed by atoms with E-state index in [1.165, 1.54) is 18.9 Å². The smallest absolute Gasteiger partial charge is 0.338 e. The lowest BCUT2D eigenvalue weighted by atomic mass is 9.95. The Bertz CT molecular complexity index is 1280. The maximum Gasteiger partial charge on any atom is 0.338 e. The second-order valence-corrected chi connectivity index (χ2v) is 9.54. The van der Waals surface area contributed by atoms with Gasteiger partial charge in [-0.3, -0.25) is 0 Å². The van der Waals surface area contributed by atoms with Gasteiger partial charge < -0.3 is 19.5 Å². The van der Waals surface area contributed by atoms with Gasteiger partial charge in [-0.15, -0.1) is 5.10 Å². The highest BCUT2D eigenvalue weighted by atomic mass is 79.9. The average molecular weight is 566 g/mol. The van der Waals surface area contributed by atoms with Crippen molar-refractivity contribution in [2.75, 3.05) is 26.6 Å². The zero-order chi connectivity index (χ0) is 24.4. The summed E-state index contributed by atoms with van der Waals surface area (Å²) in [5, 5.41) is 9.14. The summed E-state index contributed by atoms with van der Waals surface area (Å²) in [6.45, 7) is 1.81. The van der Waals surface area contributed by atoms with Crippen molar-refractivity contribution in [1.29, 1.82) is 0 Å². The number of carbonyl (C=O) groups is 1. The summed E-state index contributed by atoms with van der Waals surface area (Å²) in [5.41, 5.74) is 2.78. The lowest BCUT2D eigenvalue weighted by Gasteiger charge is -2.28. The van der Waals surface area contributed by atoms with Gasteiger partial charge in [-0.25, -0.2) is 9.48 Å². The molecule has 0 spiro atoms. The fourth-order valence-electron chi connectivity index (χ4n) is 3.73. The first kappa shape index (κ1) is 24.4. The molecule has 1 aliphatic rings. The predicted octanol–water partition coefficient (Wildman–Crippen LogP) is 5.47. The van der Waals surface area contributed by atoms with Crippen molar-refractivity contribution in [2.24, 2.45) is 0 Å². The van der Waals surface area contributed by atoms with Gasteiger partial charge >= 0.3 is 5.97 Å². The van der Waals surface area contributed by atoms with Crippen LogP contribution in [0.3, 0.4) is 0 Å². The number of carbonyl (C=O) groups excluding carboxylic acids is 1. The van der Waals surface area contributed by atoms with Crippen LogP contribution in [0.2, 0.25) is 5.02 Å². The Kier molecular flexibility index (Phi) is 7.39. The minimum absolute atomic E-state index is 0.418. The molecule has 0 saturated carbocycles. The minimum atomic E-state index is -0.595. The van der Waals surface area contributed by atoms with Crippen LogP contribution in [0.15, 0.2) is 57.3 Å². The summed E-state index contributed by atoms with van der Waals surface area (Å²) in [6.07, 6.45) is 0. The first-order valence-electron chi connectivity index (χ1n) is 10.2. The van der Waals surface area contributed by atoms with E-state index in [1.807, 2.05) is 43.3 Å². The number of hydrogen-bond acceptors (Lipinski definition) is 8. The molecule has 11 heteroatoms. The standard InChI is InChI=1S/C23H22BrClN4O4S/c1-12-18(21(30)33-4)19(14-9-15(24)20(32-3)17(10-14)31-2)29-22(26-12)27-23(28-29)34-11-13-7-5-6-8-16(13)25/h5-10,19H,11H2,1-4H3,(H,26,27,28).